The van der Waals surface area contributed by atoms with Crippen LogP contribution in [0.1, 0.15) is 31.9 Å². The molecule has 3 heteroatoms. The minimum Gasteiger partial charge on any atom is -0.283 e. The van der Waals surface area contributed by atoms with Crippen molar-refractivity contribution >= 4 is 0 Å². The van der Waals surface area contributed by atoms with E-state index < -0.39 is 0 Å². The van der Waals surface area contributed by atoms with E-state index in [0.29, 0.717) is 0 Å². The molecule has 2 atom stereocenters. The molecule has 104 valence electrons. The normalized spacial score (nSPS) is 22.1. The minimum atomic E-state index is -0.0216. The van der Waals surface area contributed by atoms with Gasteiger partial charge in [0.25, 0.3) is 5.56 Å². The van der Waals surface area contributed by atoms with Crippen LogP contribution in [-0.4, -0.2) is 9.55 Å². The van der Waals surface area contributed by atoms with E-state index in [-0.39, 0.29) is 5.56 Å². The van der Waals surface area contributed by atoms with E-state index in [0.717, 1.165) is 29.6 Å². The molecule has 3 rings (SSSR count). The Morgan fingerprint density at radius 1 is 1.25 bits per heavy atom. The van der Waals surface area contributed by atoms with Crippen LogP contribution < -0.4 is 5.56 Å². The molecule has 0 aliphatic heterocycles. The highest BCUT2D eigenvalue weighted by molar-refractivity contribution is 5.30. The Morgan fingerprint density at radius 2 is 2.15 bits per heavy atom. The van der Waals surface area contributed by atoms with Gasteiger partial charge in [-0.2, -0.15) is 0 Å². The standard InChI is InChI=1S/C17H20N2O/c1-13-5-6-14(10-13)11-15-7-8-16(12-18-15)19-9-3-2-4-17(19)20/h2-4,7-9,12-14H,5-6,10-11H2,1H3/t13-,14-/m0/s1. The van der Waals surface area contributed by atoms with Crippen molar-refractivity contribution in [3.63, 3.8) is 0 Å². The topological polar surface area (TPSA) is 34.9 Å². The number of pyridine rings is 2. The van der Waals surface area contributed by atoms with Crippen LogP contribution in [0.25, 0.3) is 5.69 Å². The zero-order valence-electron chi connectivity index (χ0n) is 11.8. The predicted octanol–water partition coefficient (Wildman–Crippen LogP) is 3.21. The molecule has 0 unspecified atom stereocenters. The van der Waals surface area contributed by atoms with Crippen LogP contribution in [0.2, 0.25) is 0 Å². The maximum Gasteiger partial charge on any atom is 0.255 e. The lowest BCUT2D eigenvalue weighted by Gasteiger charge is -2.10. The lowest BCUT2D eigenvalue weighted by Crippen LogP contribution is -2.15. The fraction of sp³-hybridized carbons (Fsp3) is 0.412. The van der Waals surface area contributed by atoms with E-state index >= 15 is 0 Å². The second-order valence-electron chi connectivity index (χ2n) is 5.90. The first-order chi connectivity index (χ1) is 9.72. The molecule has 2 aromatic heterocycles. The van der Waals surface area contributed by atoms with Gasteiger partial charge in [-0.3, -0.25) is 14.3 Å². The quantitative estimate of drug-likeness (QED) is 0.856. The Kier molecular flexibility index (Phi) is 3.68. The first-order valence-electron chi connectivity index (χ1n) is 7.35. The van der Waals surface area contributed by atoms with E-state index in [1.165, 1.54) is 19.3 Å². The summed E-state index contributed by atoms with van der Waals surface area (Å²) in [5.74, 6) is 1.64. The molecule has 3 nitrogen and oxygen atoms in total. The molecule has 0 amide bonds. The summed E-state index contributed by atoms with van der Waals surface area (Å²) >= 11 is 0. The summed E-state index contributed by atoms with van der Waals surface area (Å²) in [5.41, 5.74) is 1.95. The Bertz CT molecular complexity index is 630. The van der Waals surface area contributed by atoms with Crippen molar-refractivity contribution in [2.24, 2.45) is 11.8 Å². The molecule has 0 N–H and O–H groups in total. The summed E-state index contributed by atoms with van der Waals surface area (Å²) in [5, 5.41) is 0. The van der Waals surface area contributed by atoms with Crippen LogP contribution in [0.15, 0.2) is 47.5 Å². The van der Waals surface area contributed by atoms with Gasteiger partial charge in [-0.15, -0.1) is 0 Å². The lowest BCUT2D eigenvalue weighted by atomic mass is 10.00. The number of hydrogen-bond donors (Lipinski definition) is 0. The second-order valence-corrected chi connectivity index (χ2v) is 5.90. The van der Waals surface area contributed by atoms with Crippen molar-refractivity contribution in [3.8, 4) is 5.69 Å². The number of rotatable bonds is 3. The van der Waals surface area contributed by atoms with Gasteiger partial charge in [-0.05, 0) is 49.3 Å². The molecule has 0 radical (unpaired) electrons. The first-order valence-corrected chi connectivity index (χ1v) is 7.35. The van der Waals surface area contributed by atoms with Gasteiger partial charge in [0.2, 0.25) is 0 Å². The Hall–Kier alpha value is -1.90. The maximum atomic E-state index is 11.8. The average molecular weight is 268 g/mol. The van der Waals surface area contributed by atoms with Crippen molar-refractivity contribution in [2.75, 3.05) is 0 Å². The zero-order valence-corrected chi connectivity index (χ0v) is 11.8. The van der Waals surface area contributed by atoms with Gasteiger partial charge in [0.1, 0.15) is 0 Å². The second kappa shape index (κ2) is 5.61. The molecular weight excluding hydrogens is 248 g/mol. The predicted molar refractivity (Wildman–Crippen MR) is 80.0 cm³/mol. The molecule has 1 fully saturated rings. The minimum absolute atomic E-state index is 0.0216. The highest BCUT2D eigenvalue weighted by Crippen LogP contribution is 2.32. The Labute approximate surface area is 119 Å². The fourth-order valence-corrected chi connectivity index (χ4v) is 3.13. The van der Waals surface area contributed by atoms with Crippen molar-refractivity contribution in [2.45, 2.75) is 32.6 Å². The highest BCUT2D eigenvalue weighted by Gasteiger charge is 2.21. The summed E-state index contributed by atoms with van der Waals surface area (Å²) in [6.45, 7) is 2.33. The van der Waals surface area contributed by atoms with E-state index in [1.807, 2.05) is 12.1 Å². The maximum absolute atomic E-state index is 11.8. The molecule has 1 saturated carbocycles. The molecule has 20 heavy (non-hydrogen) atoms. The third-order valence-electron chi connectivity index (χ3n) is 4.21. The van der Waals surface area contributed by atoms with Crippen LogP contribution in [0.3, 0.4) is 0 Å². The zero-order chi connectivity index (χ0) is 13.9. The van der Waals surface area contributed by atoms with Gasteiger partial charge < -0.3 is 0 Å². The molecule has 0 aromatic carbocycles. The third-order valence-corrected chi connectivity index (χ3v) is 4.21. The SMILES string of the molecule is C[C@H]1CC[C@H](Cc2ccc(-n3ccccc3=O)cn2)C1. The molecule has 1 aliphatic carbocycles. The average Bonchev–Trinajstić information content (AvgIpc) is 2.86. The molecule has 2 aromatic rings. The van der Waals surface area contributed by atoms with Crippen LogP contribution in [0.5, 0.6) is 0 Å². The summed E-state index contributed by atoms with van der Waals surface area (Å²) in [7, 11) is 0. The van der Waals surface area contributed by atoms with E-state index in [2.05, 4.69) is 18.0 Å². The highest BCUT2D eigenvalue weighted by atomic mass is 16.1. The van der Waals surface area contributed by atoms with E-state index in [1.54, 1.807) is 29.1 Å². The summed E-state index contributed by atoms with van der Waals surface area (Å²) in [4.78, 5) is 16.3. The summed E-state index contributed by atoms with van der Waals surface area (Å²) in [6.07, 6.45) is 8.63. The van der Waals surface area contributed by atoms with Crippen LogP contribution >= 0.6 is 0 Å². The number of nitrogens with zero attached hydrogens (tertiary/aromatic N) is 2. The van der Waals surface area contributed by atoms with Gasteiger partial charge in [-0.25, -0.2) is 0 Å². The molecule has 0 spiro atoms. The van der Waals surface area contributed by atoms with Gasteiger partial charge in [0.15, 0.2) is 0 Å². The monoisotopic (exact) mass is 268 g/mol. The van der Waals surface area contributed by atoms with Crippen molar-refractivity contribution in [1.29, 1.82) is 0 Å². The molecule has 2 heterocycles. The van der Waals surface area contributed by atoms with Crippen LogP contribution in [0.4, 0.5) is 0 Å². The number of aromatic nitrogens is 2. The molecule has 0 saturated heterocycles. The molecular formula is C17H20N2O. The van der Waals surface area contributed by atoms with Gasteiger partial charge in [-0.1, -0.05) is 19.4 Å². The van der Waals surface area contributed by atoms with E-state index in [4.69, 9.17) is 0 Å². The van der Waals surface area contributed by atoms with Crippen LogP contribution in [0, 0.1) is 11.8 Å². The number of hydrogen-bond acceptors (Lipinski definition) is 2. The van der Waals surface area contributed by atoms with Gasteiger partial charge in [0, 0.05) is 18.0 Å². The smallest absolute Gasteiger partial charge is 0.255 e. The van der Waals surface area contributed by atoms with Crippen molar-refractivity contribution in [1.82, 2.24) is 9.55 Å². The van der Waals surface area contributed by atoms with Crippen LogP contribution in [-0.2, 0) is 6.42 Å². The molecule has 0 bridgehead atoms. The lowest BCUT2D eigenvalue weighted by molar-refractivity contribution is 0.508. The van der Waals surface area contributed by atoms with Gasteiger partial charge >= 0.3 is 0 Å². The van der Waals surface area contributed by atoms with Crippen molar-refractivity contribution < 1.29 is 0 Å². The van der Waals surface area contributed by atoms with Crippen molar-refractivity contribution in [3.05, 3.63) is 58.8 Å². The Morgan fingerprint density at radius 3 is 2.80 bits per heavy atom. The fourth-order valence-electron chi connectivity index (χ4n) is 3.13. The first kappa shape index (κ1) is 13.1. The Balaban J connectivity index is 1.75. The molecule has 1 aliphatic rings. The summed E-state index contributed by atoms with van der Waals surface area (Å²) < 4.78 is 1.62. The third kappa shape index (κ3) is 2.82. The summed E-state index contributed by atoms with van der Waals surface area (Å²) in [6, 6.07) is 9.21. The van der Waals surface area contributed by atoms with Gasteiger partial charge in [0.05, 0.1) is 11.9 Å². The van der Waals surface area contributed by atoms with E-state index in [9.17, 15) is 4.79 Å². The largest absolute Gasteiger partial charge is 0.283 e.